The Morgan fingerprint density at radius 2 is 0.962 bits per heavy atom. The quantitative estimate of drug-likeness (QED) is 0.170. The van der Waals surface area contributed by atoms with E-state index in [1.165, 1.54) is 21.5 Å². The molecule has 0 saturated carbocycles. The fourth-order valence-corrected chi connectivity index (χ4v) is 8.28. The SMILES string of the molecule is c1ccc(N(c2cc3ccccc3c3ccccc23)c2ccc(-c3ccccc3-c3ccc4c(c3)oc3ccccc34)c3oc4ccccc4c23)cc1. The number of fused-ring (bicyclic) bond motifs is 9. The van der Waals surface area contributed by atoms with E-state index in [1.54, 1.807) is 0 Å². The lowest BCUT2D eigenvalue weighted by atomic mass is 9.92. The topological polar surface area (TPSA) is 29.5 Å². The van der Waals surface area contributed by atoms with Crippen LogP contribution in [-0.2, 0) is 0 Å². The molecular weight excluding hydrogens is 647 g/mol. The van der Waals surface area contributed by atoms with Crippen molar-refractivity contribution in [3.63, 3.8) is 0 Å². The van der Waals surface area contributed by atoms with Gasteiger partial charge in [-0.2, -0.15) is 0 Å². The first-order valence-electron chi connectivity index (χ1n) is 18.0. The largest absolute Gasteiger partial charge is 0.456 e. The van der Waals surface area contributed by atoms with E-state index in [2.05, 4.69) is 175 Å². The van der Waals surface area contributed by atoms with Crippen molar-refractivity contribution >= 4 is 82.5 Å². The molecule has 9 aromatic carbocycles. The van der Waals surface area contributed by atoms with Gasteiger partial charge >= 0.3 is 0 Å². The van der Waals surface area contributed by atoms with Crippen LogP contribution in [0.5, 0.6) is 0 Å². The maximum absolute atomic E-state index is 6.91. The van der Waals surface area contributed by atoms with Crippen LogP contribution < -0.4 is 4.90 Å². The summed E-state index contributed by atoms with van der Waals surface area (Å²) in [5.74, 6) is 0. The van der Waals surface area contributed by atoms with Gasteiger partial charge in [0.05, 0.1) is 16.8 Å². The van der Waals surface area contributed by atoms with Gasteiger partial charge in [0, 0.05) is 32.8 Å². The Morgan fingerprint density at radius 1 is 0.340 bits per heavy atom. The van der Waals surface area contributed by atoms with Crippen LogP contribution in [0.2, 0.25) is 0 Å². The molecule has 2 aromatic heterocycles. The van der Waals surface area contributed by atoms with Crippen LogP contribution in [-0.4, -0.2) is 0 Å². The number of benzene rings is 9. The molecule has 11 rings (SSSR count). The maximum Gasteiger partial charge on any atom is 0.145 e. The standard InChI is InChI=1S/C50H31NO2/c1-2-15-34(16-3-1)51(45-30-32-14-4-5-17-35(32)37-19-8-9-21-39(37)45)44-29-28-42(50-49(44)43-23-11-13-25-47(43)53-50)38-20-7-6-18-36(38)33-26-27-41-40-22-10-12-24-46(40)52-48(41)31-33/h1-31H. The Balaban J connectivity index is 1.18. The van der Waals surface area contributed by atoms with Crippen molar-refractivity contribution in [2.75, 3.05) is 4.90 Å². The van der Waals surface area contributed by atoms with Gasteiger partial charge in [0.2, 0.25) is 0 Å². The molecule has 3 nitrogen and oxygen atoms in total. The zero-order valence-corrected chi connectivity index (χ0v) is 28.7. The maximum atomic E-state index is 6.91. The molecule has 0 bridgehead atoms. The van der Waals surface area contributed by atoms with E-state index in [9.17, 15) is 0 Å². The van der Waals surface area contributed by atoms with E-state index < -0.39 is 0 Å². The molecule has 0 atom stereocenters. The fraction of sp³-hybridized carbons (Fsp3) is 0. The number of para-hydroxylation sites is 3. The van der Waals surface area contributed by atoms with Gasteiger partial charge in [-0.1, -0.05) is 133 Å². The molecule has 0 unspecified atom stereocenters. The van der Waals surface area contributed by atoms with Gasteiger partial charge in [0.15, 0.2) is 0 Å². The molecule has 0 fully saturated rings. The lowest BCUT2D eigenvalue weighted by Crippen LogP contribution is -2.11. The predicted molar refractivity (Wildman–Crippen MR) is 222 cm³/mol. The van der Waals surface area contributed by atoms with E-state index in [-0.39, 0.29) is 0 Å². The minimum absolute atomic E-state index is 0.854. The van der Waals surface area contributed by atoms with Gasteiger partial charge in [-0.3, -0.25) is 0 Å². The Hall–Kier alpha value is -7.10. The minimum Gasteiger partial charge on any atom is -0.456 e. The van der Waals surface area contributed by atoms with Gasteiger partial charge in [0.1, 0.15) is 22.3 Å². The third-order valence-corrected chi connectivity index (χ3v) is 10.7. The van der Waals surface area contributed by atoms with Crippen LogP contribution in [0.25, 0.3) is 87.7 Å². The first-order valence-corrected chi connectivity index (χ1v) is 18.0. The number of furan rings is 2. The Labute approximate surface area is 305 Å². The highest BCUT2D eigenvalue weighted by molar-refractivity contribution is 6.20. The summed E-state index contributed by atoms with van der Waals surface area (Å²) in [6.45, 7) is 0. The Kier molecular flexibility index (Phi) is 6.55. The summed E-state index contributed by atoms with van der Waals surface area (Å²) in [5.41, 5.74) is 11.1. The highest BCUT2D eigenvalue weighted by Crippen LogP contribution is 2.49. The molecule has 0 aliphatic rings. The highest BCUT2D eigenvalue weighted by atomic mass is 16.3. The molecule has 0 aliphatic carbocycles. The lowest BCUT2D eigenvalue weighted by Gasteiger charge is -2.28. The average Bonchev–Trinajstić information content (AvgIpc) is 3.80. The molecule has 0 spiro atoms. The minimum atomic E-state index is 0.854. The lowest BCUT2D eigenvalue weighted by molar-refractivity contribution is 0.669. The Morgan fingerprint density at radius 3 is 1.79 bits per heavy atom. The van der Waals surface area contributed by atoms with Crippen molar-refractivity contribution in [1.29, 1.82) is 0 Å². The molecule has 248 valence electrons. The van der Waals surface area contributed by atoms with Crippen molar-refractivity contribution in [3.05, 3.63) is 188 Å². The summed E-state index contributed by atoms with van der Waals surface area (Å²) >= 11 is 0. The monoisotopic (exact) mass is 677 g/mol. The van der Waals surface area contributed by atoms with Crippen LogP contribution in [0.1, 0.15) is 0 Å². The Bertz CT molecular complexity index is 3190. The second-order valence-electron chi connectivity index (χ2n) is 13.6. The van der Waals surface area contributed by atoms with E-state index >= 15 is 0 Å². The van der Waals surface area contributed by atoms with Crippen LogP contribution in [0, 0.1) is 0 Å². The van der Waals surface area contributed by atoms with Crippen molar-refractivity contribution in [2.24, 2.45) is 0 Å². The summed E-state index contributed by atoms with van der Waals surface area (Å²) < 4.78 is 13.2. The summed E-state index contributed by atoms with van der Waals surface area (Å²) in [7, 11) is 0. The van der Waals surface area contributed by atoms with E-state index in [1.807, 2.05) is 18.2 Å². The normalized spacial score (nSPS) is 11.8. The number of hydrogen-bond donors (Lipinski definition) is 0. The molecular formula is C50H31NO2. The van der Waals surface area contributed by atoms with E-state index in [0.29, 0.717) is 0 Å². The molecule has 0 N–H and O–H groups in total. The third kappa shape index (κ3) is 4.61. The van der Waals surface area contributed by atoms with Crippen LogP contribution in [0.4, 0.5) is 17.1 Å². The first kappa shape index (κ1) is 29.6. The van der Waals surface area contributed by atoms with E-state index in [0.717, 1.165) is 83.2 Å². The van der Waals surface area contributed by atoms with Gasteiger partial charge in [-0.05, 0) is 87.4 Å². The zero-order chi connectivity index (χ0) is 34.9. The van der Waals surface area contributed by atoms with Gasteiger partial charge in [-0.25, -0.2) is 0 Å². The molecule has 3 heteroatoms. The number of rotatable bonds is 5. The first-order chi connectivity index (χ1) is 26.3. The van der Waals surface area contributed by atoms with Crippen LogP contribution >= 0.6 is 0 Å². The van der Waals surface area contributed by atoms with Crippen molar-refractivity contribution in [1.82, 2.24) is 0 Å². The van der Waals surface area contributed by atoms with E-state index in [4.69, 9.17) is 8.83 Å². The number of hydrogen-bond acceptors (Lipinski definition) is 3. The molecule has 0 amide bonds. The van der Waals surface area contributed by atoms with Crippen LogP contribution in [0.15, 0.2) is 197 Å². The molecule has 11 aromatic rings. The van der Waals surface area contributed by atoms with Crippen molar-refractivity contribution < 1.29 is 8.83 Å². The average molecular weight is 678 g/mol. The van der Waals surface area contributed by atoms with Gasteiger partial charge in [0.25, 0.3) is 0 Å². The second-order valence-corrected chi connectivity index (χ2v) is 13.6. The molecule has 0 saturated heterocycles. The fourth-order valence-electron chi connectivity index (χ4n) is 8.28. The summed E-state index contributed by atoms with van der Waals surface area (Å²) in [6.07, 6.45) is 0. The number of nitrogens with zero attached hydrogens (tertiary/aromatic N) is 1. The summed E-state index contributed by atoms with van der Waals surface area (Å²) in [4.78, 5) is 2.41. The predicted octanol–water partition coefficient (Wildman–Crippen LogP) is 14.6. The smallest absolute Gasteiger partial charge is 0.145 e. The summed E-state index contributed by atoms with van der Waals surface area (Å²) in [5, 5.41) is 9.24. The molecule has 0 aliphatic heterocycles. The number of anilines is 3. The van der Waals surface area contributed by atoms with Gasteiger partial charge in [-0.15, -0.1) is 0 Å². The summed E-state index contributed by atoms with van der Waals surface area (Å²) in [6, 6.07) is 66.7. The zero-order valence-electron chi connectivity index (χ0n) is 28.7. The molecule has 53 heavy (non-hydrogen) atoms. The molecule has 2 heterocycles. The second kappa shape index (κ2) is 11.7. The van der Waals surface area contributed by atoms with Gasteiger partial charge < -0.3 is 13.7 Å². The highest BCUT2D eigenvalue weighted by Gasteiger charge is 2.24. The van der Waals surface area contributed by atoms with Crippen molar-refractivity contribution in [3.8, 4) is 22.3 Å². The molecule has 0 radical (unpaired) electrons. The third-order valence-electron chi connectivity index (χ3n) is 10.7. The van der Waals surface area contributed by atoms with Crippen molar-refractivity contribution in [2.45, 2.75) is 0 Å². The van der Waals surface area contributed by atoms with Crippen LogP contribution in [0.3, 0.4) is 0 Å².